The fourth-order valence-corrected chi connectivity index (χ4v) is 3.76. The molecule has 5 nitrogen and oxygen atoms in total. The van der Waals surface area contributed by atoms with Crippen molar-refractivity contribution in [2.24, 2.45) is 12.1 Å². The van der Waals surface area contributed by atoms with Crippen molar-refractivity contribution in [2.45, 2.75) is 12.5 Å². The van der Waals surface area contributed by atoms with E-state index in [2.05, 4.69) is 10.5 Å². The Kier molecular flexibility index (Phi) is 3.20. The predicted molar refractivity (Wildman–Crippen MR) is 92.2 cm³/mol. The molecule has 1 unspecified atom stereocenters. The topological polar surface area (TPSA) is 66.6 Å². The molecule has 0 spiro atoms. The minimum atomic E-state index is -0.228. The van der Waals surface area contributed by atoms with Gasteiger partial charge in [0.05, 0.1) is 17.3 Å². The fraction of sp³-hybridized carbons (Fsp3) is 0.176. The van der Waals surface area contributed by atoms with E-state index in [1.807, 2.05) is 41.8 Å². The molecule has 1 aromatic carbocycles. The molecular weight excluding hydrogens is 310 g/mol. The average Bonchev–Trinajstić information content (AvgIpc) is 3.24. The van der Waals surface area contributed by atoms with Crippen molar-refractivity contribution in [2.75, 3.05) is 0 Å². The van der Waals surface area contributed by atoms with Crippen molar-refractivity contribution in [1.29, 1.82) is 0 Å². The summed E-state index contributed by atoms with van der Waals surface area (Å²) in [4.78, 5) is 13.8. The normalized spacial score (nSPS) is 17.3. The Labute approximate surface area is 136 Å². The maximum atomic E-state index is 12.7. The summed E-state index contributed by atoms with van der Waals surface area (Å²) >= 11 is 1.65. The monoisotopic (exact) mass is 325 g/mol. The van der Waals surface area contributed by atoms with Crippen LogP contribution >= 0.6 is 11.3 Å². The van der Waals surface area contributed by atoms with Crippen LogP contribution in [0.5, 0.6) is 5.75 Å². The molecule has 0 fully saturated rings. The van der Waals surface area contributed by atoms with Crippen molar-refractivity contribution in [3.05, 3.63) is 62.6 Å². The number of benzene rings is 1. The first-order chi connectivity index (χ1) is 11.2. The van der Waals surface area contributed by atoms with E-state index in [-0.39, 0.29) is 22.9 Å². The van der Waals surface area contributed by atoms with Crippen LogP contribution in [-0.4, -0.2) is 15.4 Å². The standard InChI is InChI=1S/C17H15N3O2S/c1-20-13-6-3-2-5-10(13)16(21)15(17(20)22)12-9-11(18-19-12)14-7-4-8-23-14/h2-8,11,18,21H,9H2,1H3. The number of nitrogens with one attached hydrogen (secondary N) is 1. The van der Waals surface area contributed by atoms with E-state index in [1.165, 1.54) is 4.88 Å². The van der Waals surface area contributed by atoms with Crippen molar-refractivity contribution >= 4 is 28.0 Å². The third-order valence-corrected chi connectivity index (χ3v) is 5.19. The largest absolute Gasteiger partial charge is 0.506 e. The maximum absolute atomic E-state index is 12.7. The number of pyridine rings is 1. The maximum Gasteiger partial charge on any atom is 0.263 e. The number of para-hydroxylation sites is 1. The van der Waals surface area contributed by atoms with Crippen LogP contribution in [-0.2, 0) is 7.05 Å². The molecule has 23 heavy (non-hydrogen) atoms. The number of thiophene rings is 1. The van der Waals surface area contributed by atoms with E-state index in [0.29, 0.717) is 23.0 Å². The zero-order valence-electron chi connectivity index (χ0n) is 12.5. The summed E-state index contributed by atoms with van der Waals surface area (Å²) < 4.78 is 1.56. The lowest BCUT2D eigenvalue weighted by Crippen LogP contribution is -2.24. The van der Waals surface area contributed by atoms with Gasteiger partial charge in [-0.25, -0.2) is 0 Å². The van der Waals surface area contributed by atoms with Gasteiger partial charge in [0.2, 0.25) is 0 Å². The summed E-state index contributed by atoms with van der Waals surface area (Å²) in [6, 6.07) is 11.4. The van der Waals surface area contributed by atoms with Crippen molar-refractivity contribution in [3.63, 3.8) is 0 Å². The molecule has 3 aromatic rings. The molecule has 1 aliphatic rings. The van der Waals surface area contributed by atoms with E-state index >= 15 is 0 Å². The van der Waals surface area contributed by atoms with Gasteiger partial charge < -0.3 is 15.1 Å². The van der Waals surface area contributed by atoms with E-state index in [0.717, 1.165) is 0 Å². The van der Waals surface area contributed by atoms with Gasteiger partial charge in [0, 0.05) is 23.7 Å². The van der Waals surface area contributed by atoms with Gasteiger partial charge in [-0.1, -0.05) is 18.2 Å². The van der Waals surface area contributed by atoms with Gasteiger partial charge in [0.15, 0.2) is 0 Å². The van der Waals surface area contributed by atoms with Crippen LogP contribution < -0.4 is 11.0 Å². The second-order valence-corrected chi connectivity index (χ2v) is 6.54. The second-order valence-electron chi connectivity index (χ2n) is 5.56. The fourth-order valence-electron chi connectivity index (χ4n) is 2.99. The summed E-state index contributed by atoms with van der Waals surface area (Å²) in [5.41, 5.74) is 4.44. The molecule has 1 aliphatic heterocycles. The van der Waals surface area contributed by atoms with Crippen LogP contribution in [0.3, 0.4) is 0 Å². The molecule has 4 rings (SSSR count). The number of hydrogen-bond donors (Lipinski definition) is 2. The molecule has 6 heteroatoms. The van der Waals surface area contributed by atoms with Crippen LogP contribution in [0.1, 0.15) is 22.9 Å². The summed E-state index contributed by atoms with van der Waals surface area (Å²) in [6.45, 7) is 0. The number of aromatic hydroxyl groups is 1. The molecule has 0 amide bonds. The molecule has 2 aromatic heterocycles. The first-order valence-corrected chi connectivity index (χ1v) is 8.21. The first kappa shape index (κ1) is 14.0. The van der Waals surface area contributed by atoms with Crippen LogP contribution in [0.25, 0.3) is 10.9 Å². The SMILES string of the molecule is Cn1c(=O)c(C2=NNC(c3cccs3)C2)c(O)c2ccccc21. The van der Waals surface area contributed by atoms with E-state index in [1.54, 1.807) is 23.0 Å². The highest BCUT2D eigenvalue weighted by Gasteiger charge is 2.27. The van der Waals surface area contributed by atoms with Crippen molar-refractivity contribution < 1.29 is 5.11 Å². The van der Waals surface area contributed by atoms with E-state index < -0.39 is 0 Å². The molecule has 3 heterocycles. The van der Waals surface area contributed by atoms with Crippen molar-refractivity contribution in [3.8, 4) is 5.75 Å². The minimum absolute atomic E-state index is 0.0103. The van der Waals surface area contributed by atoms with Gasteiger partial charge in [-0.3, -0.25) is 4.79 Å². The first-order valence-electron chi connectivity index (χ1n) is 7.33. The Bertz CT molecular complexity index is 973. The number of aromatic nitrogens is 1. The van der Waals surface area contributed by atoms with Gasteiger partial charge >= 0.3 is 0 Å². The quantitative estimate of drug-likeness (QED) is 0.761. The Morgan fingerprint density at radius 1 is 1.30 bits per heavy atom. The molecule has 0 bridgehead atoms. The highest BCUT2D eigenvalue weighted by molar-refractivity contribution is 7.10. The third-order valence-electron chi connectivity index (χ3n) is 4.20. The van der Waals surface area contributed by atoms with Crippen molar-refractivity contribution in [1.82, 2.24) is 9.99 Å². The van der Waals surface area contributed by atoms with Gasteiger partial charge in [-0.15, -0.1) is 11.3 Å². The second kappa shape index (κ2) is 5.24. The number of hydrogen-bond acceptors (Lipinski definition) is 5. The average molecular weight is 325 g/mol. The zero-order chi connectivity index (χ0) is 16.0. The highest BCUT2D eigenvalue weighted by Crippen LogP contribution is 2.32. The van der Waals surface area contributed by atoms with Gasteiger partial charge in [-0.05, 0) is 23.6 Å². The number of rotatable bonds is 2. The predicted octanol–water partition coefficient (Wildman–Crippen LogP) is 2.74. The van der Waals surface area contributed by atoms with Gasteiger partial charge in [0.25, 0.3) is 5.56 Å². The molecule has 0 radical (unpaired) electrons. The smallest absolute Gasteiger partial charge is 0.263 e. The molecule has 0 saturated carbocycles. The molecular formula is C17H15N3O2S. The third kappa shape index (κ3) is 2.14. The summed E-state index contributed by atoms with van der Waals surface area (Å²) in [6.07, 6.45) is 0.585. The van der Waals surface area contributed by atoms with Crippen LogP contribution in [0.15, 0.2) is 51.7 Å². The lowest BCUT2D eigenvalue weighted by molar-refractivity contribution is 0.478. The molecule has 0 saturated heterocycles. The zero-order valence-corrected chi connectivity index (χ0v) is 13.3. The molecule has 0 aliphatic carbocycles. The van der Waals surface area contributed by atoms with Crippen LogP contribution in [0.2, 0.25) is 0 Å². The van der Waals surface area contributed by atoms with Gasteiger partial charge in [0.1, 0.15) is 11.3 Å². The summed E-state index contributed by atoms with van der Waals surface area (Å²) in [5, 5.41) is 17.6. The summed E-state index contributed by atoms with van der Waals surface area (Å²) in [5.74, 6) is 0.0103. The number of fused-ring (bicyclic) bond motifs is 1. The lowest BCUT2D eigenvalue weighted by atomic mass is 10.0. The Morgan fingerprint density at radius 3 is 2.91 bits per heavy atom. The van der Waals surface area contributed by atoms with Crippen LogP contribution in [0, 0.1) is 0 Å². The Hall–Kier alpha value is -2.60. The molecule has 2 N–H and O–H groups in total. The number of aryl methyl sites for hydroxylation is 1. The number of nitrogens with zero attached hydrogens (tertiary/aromatic N) is 2. The Balaban J connectivity index is 1.83. The minimum Gasteiger partial charge on any atom is -0.506 e. The summed E-state index contributed by atoms with van der Waals surface area (Å²) in [7, 11) is 1.72. The van der Waals surface area contributed by atoms with Gasteiger partial charge in [-0.2, -0.15) is 5.10 Å². The molecule has 1 atom stereocenters. The lowest BCUT2D eigenvalue weighted by Gasteiger charge is -2.11. The highest BCUT2D eigenvalue weighted by atomic mass is 32.1. The Morgan fingerprint density at radius 2 is 2.13 bits per heavy atom. The molecule has 116 valence electrons. The van der Waals surface area contributed by atoms with E-state index in [4.69, 9.17) is 0 Å². The number of hydrazone groups is 1. The van der Waals surface area contributed by atoms with Crippen LogP contribution in [0.4, 0.5) is 0 Å². The van der Waals surface area contributed by atoms with E-state index in [9.17, 15) is 9.90 Å².